The summed E-state index contributed by atoms with van der Waals surface area (Å²) >= 11 is 0. The number of aryl methyl sites for hydroxylation is 1. The molecule has 1 N–H and O–H groups in total. The van der Waals surface area contributed by atoms with E-state index < -0.39 is 11.8 Å². The summed E-state index contributed by atoms with van der Waals surface area (Å²) in [4.78, 5) is 28.3. The molecule has 1 aliphatic rings. The molecular formula is C26H24N2O4. The number of para-hydroxylation sites is 1. The van der Waals surface area contributed by atoms with Crippen molar-refractivity contribution in [2.24, 2.45) is 0 Å². The quantitative estimate of drug-likeness (QED) is 0.548. The van der Waals surface area contributed by atoms with Crippen LogP contribution in [0.15, 0.2) is 78.5 Å². The number of rotatable bonds is 7. The van der Waals surface area contributed by atoms with E-state index in [9.17, 15) is 9.59 Å². The van der Waals surface area contributed by atoms with Gasteiger partial charge in [0.05, 0.1) is 25.0 Å². The molecule has 0 saturated heterocycles. The Morgan fingerprint density at radius 2 is 1.66 bits per heavy atom. The Morgan fingerprint density at radius 1 is 0.906 bits per heavy atom. The summed E-state index contributed by atoms with van der Waals surface area (Å²) in [6.45, 7) is 4.40. The Kier molecular flexibility index (Phi) is 5.94. The average Bonchev–Trinajstić information content (AvgIpc) is 3.04. The second-order valence-corrected chi connectivity index (χ2v) is 7.32. The van der Waals surface area contributed by atoms with Gasteiger partial charge in [-0.15, -0.1) is 0 Å². The van der Waals surface area contributed by atoms with Crippen molar-refractivity contribution in [1.29, 1.82) is 0 Å². The van der Waals surface area contributed by atoms with E-state index in [0.717, 1.165) is 11.3 Å². The minimum Gasteiger partial charge on any atom is -0.496 e. The lowest BCUT2D eigenvalue weighted by atomic mass is 10.0. The van der Waals surface area contributed by atoms with Crippen LogP contribution in [0.5, 0.6) is 11.5 Å². The van der Waals surface area contributed by atoms with E-state index >= 15 is 0 Å². The maximum Gasteiger partial charge on any atom is 0.282 e. The highest BCUT2D eigenvalue weighted by Crippen LogP contribution is 2.37. The van der Waals surface area contributed by atoms with Crippen LogP contribution in [0.1, 0.15) is 18.1 Å². The first kappa shape index (κ1) is 21.2. The molecule has 3 aromatic rings. The van der Waals surface area contributed by atoms with Gasteiger partial charge in [0.25, 0.3) is 11.8 Å². The molecule has 0 spiro atoms. The van der Waals surface area contributed by atoms with Crippen molar-refractivity contribution in [3.05, 3.63) is 89.6 Å². The molecule has 0 atom stereocenters. The van der Waals surface area contributed by atoms with E-state index in [0.29, 0.717) is 29.4 Å². The average molecular weight is 428 g/mol. The van der Waals surface area contributed by atoms with Crippen molar-refractivity contribution in [2.75, 3.05) is 23.9 Å². The molecule has 0 aromatic heterocycles. The number of nitrogens with zero attached hydrogens (tertiary/aromatic N) is 1. The third-order valence-corrected chi connectivity index (χ3v) is 5.15. The zero-order valence-electron chi connectivity index (χ0n) is 18.2. The second kappa shape index (κ2) is 8.98. The molecule has 32 heavy (non-hydrogen) atoms. The third-order valence-electron chi connectivity index (χ3n) is 5.15. The van der Waals surface area contributed by atoms with Gasteiger partial charge < -0.3 is 14.8 Å². The SMILES string of the molecule is CCOc1ccc(N2C(=O)C(Nc3cccc(C)c3)=C(c3ccccc3OC)C2=O)cc1. The van der Waals surface area contributed by atoms with Crippen molar-refractivity contribution < 1.29 is 19.1 Å². The number of anilines is 2. The van der Waals surface area contributed by atoms with Gasteiger partial charge in [0.2, 0.25) is 0 Å². The number of carbonyl (C=O) groups is 2. The minimum atomic E-state index is -0.429. The van der Waals surface area contributed by atoms with Gasteiger partial charge >= 0.3 is 0 Å². The van der Waals surface area contributed by atoms with E-state index in [1.807, 2.05) is 50.2 Å². The first-order chi connectivity index (χ1) is 15.5. The van der Waals surface area contributed by atoms with E-state index in [2.05, 4.69) is 5.32 Å². The van der Waals surface area contributed by atoms with Gasteiger partial charge in [0, 0.05) is 11.3 Å². The number of methoxy groups -OCH3 is 1. The molecule has 3 aromatic carbocycles. The topological polar surface area (TPSA) is 67.9 Å². The van der Waals surface area contributed by atoms with E-state index in [4.69, 9.17) is 9.47 Å². The Morgan fingerprint density at radius 3 is 2.34 bits per heavy atom. The smallest absolute Gasteiger partial charge is 0.282 e. The van der Waals surface area contributed by atoms with Crippen LogP contribution in [-0.4, -0.2) is 25.5 Å². The standard InChI is InChI=1S/C26H24N2O4/c1-4-32-20-14-12-19(13-15-20)28-25(29)23(21-10-5-6-11-22(21)31-3)24(26(28)30)27-18-9-7-8-17(2)16-18/h5-16,27H,4H2,1-3H3. The van der Waals surface area contributed by atoms with Gasteiger partial charge in [0.1, 0.15) is 17.2 Å². The predicted molar refractivity (Wildman–Crippen MR) is 125 cm³/mol. The maximum absolute atomic E-state index is 13.6. The third kappa shape index (κ3) is 3.95. The molecule has 0 radical (unpaired) electrons. The van der Waals surface area contributed by atoms with Gasteiger partial charge in [-0.2, -0.15) is 0 Å². The van der Waals surface area contributed by atoms with E-state index in [1.54, 1.807) is 43.5 Å². The summed E-state index contributed by atoms with van der Waals surface area (Å²) in [7, 11) is 1.54. The fourth-order valence-electron chi connectivity index (χ4n) is 3.71. The summed E-state index contributed by atoms with van der Waals surface area (Å²) in [6, 6.07) is 21.7. The Bertz CT molecular complexity index is 1200. The lowest BCUT2D eigenvalue weighted by molar-refractivity contribution is -0.120. The lowest BCUT2D eigenvalue weighted by Crippen LogP contribution is -2.32. The number of nitrogens with one attached hydrogen (secondary N) is 1. The Hall–Kier alpha value is -4.06. The van der Waals surface area contributed by atoms with Crippen LogP contribution in [-0.2, 0) is 9.59 Å². The van der Waals surface area contributed by atoms with Gasteiger partial charge in [-0.1, -0.05) is 30.3 Å². The van der Waals surface area contributed by atoms with Crippen LogP contribution < -0.4 is 19.7 Å². The molecule has 0 fully saturated rings. The van der Waals surface area contributed by atoms with Crippen LogP contribution in [0.25, 0.3) is 5.57 Å². The lowest BCUT2D eigenvalue weighted by Gasteiger charge is -2.16. The van der Waals surface area contributed by atoms with E-state index in [-0.39, 0.29) is 11.3 Å². The Labute approximate surface area is 187 Å². The van der Waals surface area contributed by atoms with Crippen LogP contribution in [0.3, 0.4) is 0 Å². The first-order valence-corrected chi connectivity index (χ1v) is 10.4. The fourth-order valence-corrected chi connectivity index (χ4v) is 3.71. The Balaban J connectivity index is 1.81. The van der Waals surface area contributed by atoms with Gasteiger partial charge in [-0.3, -0.25) is 9.59 Å². The summed E-state index contributed by atoms with van der Waals surface area (Å²) in [6.07, 6.45) is 0. The van der Waals surface area contributed by atoms with Crippen LogP contribution in [0.4, 0.5) is 11.4 Å². The maximum atomic E-state index is 13.6. The van der Waals surface area contributed by atoms with Gasteiger partial charge in [0.15, 0.2) is 0 Å². The molecule has 0 unspecified atom stereocenters. The highest BCUT2D eigenvalue weighted by Gasteiger charge is 2.41. The molecule has 162 valence electrons. The van der Waals surface area contributed by atoms with Crippen LogP contribution in [0.2, 0.25) is 0 Å². The number of ether oxygens (including phenoxy) is 2. The first-order valence-electron chi connectivity index (χ1n) is 10.4. The molecule has 0 saturated carbocycles. The molecule has 1 heterocycles. The van der Waals surface area contributed by atoms with Crippen molar-refractivity contribution in [1.82, 2.24) is 0 Å². The molecule has 0 bridgehead atoms. The largest absolute Gasteiger partial charge is 0.496 e. The number of amides is 2. The molecule has 6 heteroatoms. The summed E-state index contributed by atoms with van der Waals surface area (Å²) < 4.78 is 11.0. The molecule has 4 rings (SSSR count). The molecule has 6 nitrogen and oxygen atoms in total. The number of carbonyl (C=O) groups excluding carboxylic acids is 2. The summed E-state index contributed by atoms with van der Waals surface area (Å²) in [5, 5.41) is 3.18. The normalized spacial score (nSPS) is 13.5. The van der Waals surface area contributed by atoms with Crippen molar-refractivity contribution in [2.45, 2.75) is 13.8 Å². The zero-order valence-corrected chi connectivity index (χ0v) is 18.2. The summed E-state index contributed by atoms with van der Waals surface area (Å²) in [5.74, 6) is 0.340. The fraction of sp³-hybridized carbons (Fsp3) is 0.154. The molecule has 0 aliphatic carbocycles. The number of imide groups is 1. The minimum absolute atomic E-state index is 0.207. The highest BCUT2D eigenvalue weighted by atomic mass is 16.5. The molecule has 2 amide bonds. The molecule has 1 aliphatic heterocycles. The van der Waals surface area contributed by atoms with Gasteiger partial charge in [-0.25, -0.2) is 4.90 Å². The zero-order chi connectivity index (χ0) is 22.7. The van der Waals surface area contributed by atoms with Crippen molar-refractivity contribution in [3.63, 3.8) is 0 Å². The number of hydrogen-bond donors (Lipinski definition) is 1. The van der Waals surface area contributed by atoms with Crippen LogP contribution in [0, 0.1) is 6.92 Å². The van der Waals surface area contributed by atoms with Gasteiger partial charge in [-0.05, 0) is 61.9 Å². The monoisotopic (exact) mass is 428 g/mol. The van der Waals surface area contributed by atoms with Crippen molar-refractivity contribution >= 4 is 28.8 Å². The second-order valence-electron chi connectivity index (χ2n) is 7.32. The predicted octanol–water partition coefficient (Wildman–Crippen LogP) is 4.80. The van der Waals surface area contributed by atoms with Crippen molar-refractivity contribution in [3.8, 4) is 11.5 Å². The summed E-state index contributed by atoms with van der Waals surface area (Å²) in [5.41, 5.74) is 3.26. The molecular weight excluding hydrogens is 404 g/mol. The highest BCUT2D eigenvalue weighted by molar-refractivity contribution is 6.46. The van der Waals surface area contributed by atoms with E-state index in [1.165, 1.54) is 4.90 Å². The van der Waals surface area contributed by atoms with Crippen LogP contribution >= 0.6 is 0 Å². The number of hydrogen-bond acceptors (Lipinski definition) is 5. The number of benzene rings is 3.